The van der Waals surface area contributed by atoms with Crippen molar-refractivity contribution in [1.82, 2.24) is 0 Å². The SMILES string of the molecule is O=C(O)C1(c2cc(Cl)c(-c3ccc(C(F)(F)F)cc3)c(OCC(F)(F)F)c2)CCCCC1. The summed E-state index contributed by atoms with van der Waals surface area (Å²) in [6.07, 6.45) is -6.60. The van der Waals surface area contributed by atoms with Gasteiger partial charge in [-0.2, -0.15) is 26.3 Å². The molecule has 1 fully saturated rings. The molecule has 0 radical (unpaired) electrons. The lowest BCUT2D eigenvalue weighted by Gasteiger charge is -2.34. The van der Waals surface area contributed by atoms with E-state index in [2.05, 4.69) is 0 Å². The Morgan fingerprint density at radius 1 is 1.00 bits per heavy atom. The number of hydrogen-bond acceptors (Lipinski definition) is 2. The highest BCUT2D eigenvalue weighted by Gasteiger charge is 2.42. The molecule has 1 aliphatic rings. The first-order valence-electron chi connectivity index (χ1n) is 9.78. The largest absolute Gasteiger partial charge is 0.483 e. The lowest BCUT2D eigenvalue weighted by Crippen LogP contribution is -2.37. The van der Waals surface area contributed by atoms with Crippen LogP contribution in [0.25, 0.3) is 11.1 Å². The van der Waals surface area contributed by atoms with E-state index in [1.807, 2.05) is 0 Å². The summed E-state index contributed by atoms with van der Waals surface area (Å²) in [5.41, 5.74) is -1.97. The van der Waals surface area contributed by atoms with Crippen molar-refractivity contribution in [2.24, 2.45) is 0 Å². The van der Waals surface area contributed by atoms with Crippen molar-refractivity contribution < 1.29 is 41.0 Å². The third-order valence-corrected chi connectivity index (χ3v) is 5.91. The maximum atomic E-state index is 12.9. The fraction of sp³-hybridized carbons (Fsp3) is 0.409. The van der Waals surface area contributed by atoms with Crippen LogP contribution >= 0.6 is 11.6 Å². The number of hydrogen-bond donors (Lipinski definition) is 1. The molecule has 1 N–H and O–H groups in total. The minimum absolute atomic E-state index is 0.0373. The number of carboxylic acid groups (broad SMARTS) is 1. The predicted molar refractivity (Wildman–Crippen MR) is 106 cm³/mol. The first-order chi connectivity index (χ1) is 14.8. The topological polar surface area (TPSA) is 46.5 Å². The van der Waals surface area contributed by atoms with E-state index in [-0.39, 0.29) is 40.3 Å². The molecule has 0 bridgehead atoms. The van der Waals surface area contributed by atoms with E-state index in [4.69, 9.17) is 16.3 Å². The lowest BCUT2D eigenvalue weighted by molar-refractivity contribution is -0.153. The molecule has 2 aromatic carbocycles. The molecule has 0 unspecified atom stereocenters. The predicted octanol–water partition coefficient (Wildman–Crippen LogP) is 7.25. The molecule has 0 aromatic heterocycles. The summed E-state index contributed by atoms with van der Waals surface area (Å²) in [4.78, 5) is 12.1. The number of alkyl halides is 6. The van der Waals surface area contributed by atoms with Crippen LogP contribution < -0.4 is 4.74 Å². The van der Waals surface area contributed by atoms with Gasteiger partial charge in [-0.25, -0.2) is 0 Å². The zero-order chi connectivity index (χ0) is 23.7. The Morgan fingerprint density at radius 3 is 2.09 bits per heavy atom. The van der Waals surface area contributed by atoms with Crippen LogP contribution in [0.4, 0.5) is 26.3 Å². The summed E-state index contributed by atoms with van der Waals surface area (Å²) < 4.78 is 82.1. The molecule has 0 atom stereocenters. The molecule has 3 nitrogen and oxygen atoms in total. The van der Waals surface area contributed by atoms with Crippen molar-refractivity contribution in [2.75, 3.05) is 6.61 Å². The van der Waals surface area contributed by atoms with Crippen molar-refractivity contribution in [3.63, 3.8) is 0 Å². The normalized spacial score (nSPS) is 16.6. The fourth-order valence-corrected chi connectivity index (χ4v) is 4.34. The van der Waals surface area contributed by atoms with Crippen molar-refractivity contribution >= 4 is 17.6 Å². The van der Waals surface area contributed by atoms with Gasteiger partial charge in [-0.3, -0.25) is 4.79 Å². The molecular formula is C22H19ClF6O3. The summed E-state index contributed by atoms with van der Waals surface area (Å²) in [5, 5.41) is 9.80. The molecule has 1 saturated carbocycles. The van der Waals surface area contributed by atoms with Crippen molar-refractivity contribution in [2.45, 2.75) is 49.9 Å². The number of carbonyl (C=O) groups is 1. The van der Waals surface area contributed by atoms with E-state index in [1.54, 1.807) is 0 Å². The van der Waals surface area contributed by atoms with E-state index >= 15 is 0 Å². The highest BCUT2D eigenvalue weighted by atomic mass is 35.5. The van der Waals surface area contributed by atoms with E-state index in [0.717, 1.165) is 30.7 Å². The lowest BCUT2D eigenvalue weighted by atomic mass is 9.69. The maximum absolute atomic E-state index is 12.9. The van der Waals surface area contributed by atoms with Gasteiger partial charge in [-0.1, -0.05) is 43.0 Å². The van der Waals surface area contributed by atoms with Crippen LogP contribution in [0.1, 0.15) is 43.2 Å². The second-order valence-corrected chi connectivity index (χ2v) is 8.17. The van der Waals surface area contributed by atoms with Gasteiger partial charge < -0.3 is 9.84 Å². The number of ether oxygens (including phenoxy) is 1. The van der Waals surface area contributed by atoms with Gasteiger partial charge in [-0.05, 0) is 48.2 Å². The van der Waals surface area contributed by atoms with Crippen LogP contribution in [-0.4, -0.2) is 23.9 Å². The number of halogens is 7. The smallest absolute Gasteiger partial charge is 0.422 e. The number of aliphatic carboxylic acids is 1. The van der Waals surface area contributed by atoms with Gasteiger partial charge in [0.05, 0.1) is 16.0 Å². The minimum Gasteiger partial charge on any atom is -0.483 e. The van der Waals surface area contributed by atoms with Gasteiger partial charge in [0.1, 0.15) is 5.75 Å². The first-order valence-corrected chi connectivity index (χ1v) is 10.2. The van der Waals surface area contributed by atoms with E-state index in [9.17, 15) is 36.2 Å². The van der Waals surface area contributed by atoms with Gasteiger partial charge in [-0.15, -0.1) is 0 Å². The molecule has 0 amide bonds. The molecule has 10 heteroatoms. The van der Waals surface area contributed by atoms with Crippen molar-refractivity contribution in [3.05, 3.63) is 52.5 Å². The molecule has 32 heavy (non-hydrogen) atoms. The van der Waals surface area contributed by atoms with Gasteiger partial charge in [0.25, 0.3) is 0 Å². The van der Waals surface area contributed by atoms with E-state index < -0.39 is 35.9 Å². The fourth-order valence-electron chi connectivity index (χ4n) is 4.02. The third kappa shape index (κ3) is 5.14. The average molecular weight is 481 g/mol. The molecule has 174 valence electrons. The first kappa shape index (κ1) is 24.2. The molecule has 0 aliphatic heterocycles. The van der Waals surface area contributed by atoms with Gasteiger partial charge in [0.15, 0.2) is 6.61 Å². The van der Waals surface area contributed by atoms with Crippen LogP contribution in [0.5, 0.6) is 5.75 Å². The van der Waals surface area contributed by atoms with Gasteiger partial charge in [0, 0.05) is 5.56 Å². The summed E-state index contributed by atoms with van der Waals surface area (Å²) >= 11 is 6.36. The molecule has 2 aromatic rings. The Labute approximate surface area is 184 Å². The van der Waals surface area contributed by atoms with Crippen LogP contribution in [0.15, 0.2) is 36.4 Å². The zero-order valence-corrected chi connectivity index (χ0v) is 17.4. The highest BCUT2D eigenvalue weighted by molar-refractivity contribution is 6.33. The average Bonchev–Trinajstić information content (AvgIpc) is 2.71. The number of rotatable bonds is 5. The second kappa shape index (κ2) is 8.84. The standard InChI is InChI=1S/C22H19ClF6O3/c23-16-10-15(20(19(30)31)8-2-1-3-9-20)11-17(32-12-21(24,25)26)18(16)13-4-6-14(7-5-13)22(27,28)29/h4-7,10-11H,1-3,8-9,12H2,(H,30,31). The summed E-state index contributed by atoms with van der Waals surface area (Å²) in [7, 11) is 0. The van der Waals surface area contributed by atoms with Gasteiger partial charge >= 0.3 is 18.3 Å². The summed E-state index contributed by atoms with van der Waals surface area (Å²) in [6.45, 7) is -1.67. The molecule has 1 aliphatic carbocycles. The number of benzene rings is 2. The van der Waals surface area contributed by atoms with Crippen molar-refractivity contribution in [1.29, 1.82) is 0 Å². The molecular weight excluding hydrogens is 462 g/mol. The van der Waals surface area contributed by atoms with Crippen LogP contribution in [0.2, 0.25) is 5.02 Å². The minimum atomic E-state index is -4.69. The molecule has 0 spiro atoms. The molecule has 0 saturated heterocycles. The third-order valence-electron chi connectivity index (χ3n) is 5.62. The Kier molecular flexibility index (Phi) is 6.70. The highest BCUT2D eigenvalue weighted by Crippen LogP contribution is 2.46. The van der Waals surface area contributed by atoms with Gasteiger partial charge in [0.2, 0.25) is 0 Å². The molecule has 0 heterocycles. The monoisotopic (exact) mass is 480 g/mol. The summed E-state index contributed by atoms with van der Waals surface area (Å²) in [5.74, 6) is -1.45. The summed E-state index contributed by atoms with van der Waals surface area (Å²) in [6, 6.07) is 6.30. The Balaban J connectivity index is 2.13. The Hall–Kier alpha value is -2.42. The second-order valence-electron chi connectivity index (χ2n) is 7.76. The number of carboxylic acids is 1. The van der Waals surface area contributed by atoms with Crippen molar-refractivity contribution in [3.8, 4) is 16.9 Å². The van der Waals surface area contributed by atoms with Crippen LogP contribution in [0, 0.1) is 0 Å². The quantitative estimate of drug-likeness (QED) is 0.458. The van der Waals surface area contributed by atoms with Crippen LogP contribution in [0.3, 0.4) is 0 Å². The van der Waals surface area contributed by atoms with E-state index in [0.29, 0.717) is 12.8 Å². The van der Waals surface area contributed by atoms with E-state index in [1.165, 1.54) is 12.1 Å². The maximum Gasteiger partial charge on any atom is 0.422 e. The molecule has 3 rings (SSSR count). The zero-order valence-electron chi connectivity index (χ0n) is 16.6. The Bertz CT molecular complexity index is 977. The van der Waals surface area contributed by atoms with Crippen LogP contribution in [-0.2, 0) is 16.4 Å². The Morgan fingerprint density at radius 2 is 1.59 bits per heavy atom.